The van der Waals surface area contributed by atoms with Crippen LogP contribution < -0.4 is 0 Å². The Morgan fingerprint density at radius 3 is 2.53 bits per heavy atom. The first kappa shape index (κ1) is 18.9. The van der Waals surface area contributed by atoms with Gasteiger partial charge in [0.15, 0.2) is 0 Å². The molecule has 1 aliphatic heterocycles. The van der Waals surface area contributed by atoms with Gasteiger partial charge in [-0.1, -0.05) is 18.2 Å². The molecule has 2 aromatic heterocycles. The van der Waals surface area contributed by atoms with Crippen LogP contribution in [0.5, 0.6) is 0 Å². The number of amides is 2. The molecule has 30 heavy (non-hydrogen) atoms. The molecule has 0 radical (unpaired) electrons. The minimum Gasteiger partial charge on any atom is -0.358 e. The molecule has 0 bridgehead atoms. The van der Waals surface area contributed by atoms with E-state index < -0.39 is 0 Å². The van der Waals surface area contributed by atoms with Crippen molar-refractivity contribution in [2.24, 2.45) is 0 Å². The number of aryl methyl sites for hydroxylation is 2. The first-order chi connectivity index (χ1) is 14.7. The van der Waals surface area contributed by atoms with Crippen LogP contribution in [-0.2, 0) is 24.1 Å². The fourth-order valence-corrected chi connectivity index (χ4v) is 4.71. The second-order valence-corrected chi connectivity index (χ2v) is 8.19. The van der Waals surface area contributed by atoms with Crippen molar-refractivity contribution < 1.29 is 9.59 Å². The Labute approximate surface area is 175 Å². The predicted molar refractivity (Wildman–Crippen MR) is 115 cm³/mol. The number of benzene rings is 1. The molecule has 0 spiro atoms. The van der Waals surface area contributed by atoms with Gasteiger partial charge in [0, 0.05) is 49.1 Å². The molecule has 2 aliphatic rings. The lowest BCUT2D eigenvalue weighted by molar-refractivity contribution is -0.132. The van der Waals surface area contributed by atoms with Gasteiger partial charge >= 0.3 is 0 Å². The average molecular weight is 402 g/mol. The van der Waals surface area contributed by atoms with E-state index in [2.05, 4.69) is 16.0 Å². The van der Waals surface area contributed by atoms with Crippen molar-refractivity contribution in [3.63, 3.8) is 0 Å². The van der Waals surface area contributed by atoms with E-state index in [0.29, 0.717) is 32.6 Å². The summed E-state index contributed by atoms with van der Waals surface area (Å²) in [4.78, 5) is 37.4. The van der Waals surface area contributed by atoms with Gasteiger partial charge in [0.25, 0.3) is 5.91 Å². The predicted octanol–water partition coefficient (Wildman–Crippen LogP) is 2.97. The van der Waals surface area contributed by atoms with Crippen LogP contribution in [0.1, 0.15) is 40.2 Å². The Bertz CT molecular complexity index is 1080. The number of H-pyrrole nitrogens is 1. The van der Waals surface area contributed by atoms with E-state index in [9.17, 15) is 9.59 Å². The lowest BCUT2D eigenvalue weighted by Gasteiger charge is -2.35. The van der Waals surface area contributed by atoms with E-state index in [1.165, 1.54) is 29.5 Å². The zero-order chi connectivity index (χ0) is 20.5. The van der Waals surface area contributed by atoms with Crippen LogP contribution in [0.15, 0.2) is 42.6 Å². The van der Waals surface area contributed by atoms with Gasteiger partial charge in [-0.05, 0) is 49.4 Å². The maximum atomic E-state index is 13.3. The van der Waals surface area contributed by atoms with Crippen molar-refractivity contribution in [2.75, 3.05) is 26.2 Å². The quantitative estimate of drug-likeness (QED) is 0.732. The van der Waals surface area contributed by atoms with Gasteiger partial charge in [-0.3, -0.25) is 14.6 Å². The zero-order valence-electron chi connectivity index (χ0n) is 17.1. The molecule has 5 rings (SSSR count). The molecule has 154 valence electrons. The maximum Gasteiger partial charge on any atom is 0.256 e. The zero-order valence-corrected chi connectivity index (χ0v) is 17.1. The molecule has 1 fully saturated rings. The fourth-order valence-electron chi connectivity index (χ4n) is 4.71. The molecule has 2 amide bonds. The number of carbonyl (C=O) groups is 2. The molecule has 6 heteroatoms. The number of carbonyl (C=O) groups excluding carboxylic acids is 2. The number of fused-ring (bicyclic) bond motifs is 3. The van der Waals surface area contributed by atoms with E-state index in [4.69, 9.17) is 0 Å². The molecular weight excluding hydrogens is 376 g/mol. The topological polar surface area (TPSA) is 69.3 Å². The number of piperazine rings is 1. The first-order valence-electron chi connectivity index (χ1n) is 10.8. The highest BCUT2D eigenvalue weighted by molar-refractivity contribution is 6.07. The van der Waals surface area contributed by atoms with Crippen LogP contribution in [0.4, 0.5) is 0 Å². The largest absolute Gasteiger partial charge is 0.358 e. The summed E-state index contributed by atoms with van der Waals surface area (Å²) >= 11 is 0. The Balaban J connectivity index is 1.28. The van der Waals surface area contributed by atoms with Gasteiger partial charge < -0.3 is 14.8 Å². The number of nitrogens with zero attached hydrogens (tertiary/aromatic N) is 3. The van der Waals surface area contributed by atoms with E-state index in [1.54, 1.807) is 6.20 Å². The summed E-state index contributed by atoms with van der Waals surface area (Å²) in [5.41, 5.74) is 5.18. The highest BCUT2D eigenvalue weighted by atomic mass is 16.2. The summed E-state index contributed by atoms with van der Waals surface area (Å²) in [6.07, 6.45) is 6.59. The number of hydrogen-bond donors (Lipinski definition) is 1. The van der Waals surface area contributed by atoms with Crippen LogP contribution in [0.3, 0.4) is 0 Å². The molecule has 1 aromatic carbocycles. The summed E-state index contributed by atoms with van der Waals surface area (Å²) in [6.45, 7) is 2.25. The molecule has 0 unspecified atom stereocenters. The Hall–Kier alpha value is -3.15. The number of rotatable bonds is 3. The first-order valence-corrected chi connectivity index (χ1v) is 10.8. The van der Waals surface area contributed by atoms with E-state index in [0.717, 1.165) is 29.6 Å². The standard InChI is InChI=1S/C24H26N4O2/c29-22(16-17-6-3-4-11-25-17)27-12-14-28(15-13-27)24(30)20-9-5-8-19-18-7-1-2-10-21(18)26-23(19)20/h3-6,8-9,11,26H,1-2,7,10,12-16H2. The number of para-hydroxylation sites is 1. The third-order valence-corrected chi connectivity index (χ3v) is 6.34. The second kappa shape index (κ2) is 7.94. The van der Waals surface area contributed by atoms with Crippen molar-refractivity contribution >= 4 is 22.7 Å². The lowest BCUT2D eigenvalue weighted by atomic mass is 9.95. The number of hydrogen-bond acceptors (Lipinski definition) is 3. The van der Waals surface area contributed by atoms with Crippen molar-refractivity contribution in [3.8, 4) is 0 Å². The van der Waals surface area contributed by atoms with Crippen molar-refractivity contribution in [1.82, 2.24) is 19.8 Å². The minimum absolute atomic E-state index is 0.0519. The highest BCUT2D eigenvalue weighted by Crippen LogP contribution is 2.31. The van der Waals surface area contributed by atoms with Gasteiger partial charge in [0.05, 0.1) is 17.5 Å². The summed E-state index contributed by atoms with van der Waals surface area (Å²) in [5.74, 6) is 0.121. The monoisotopic (exact) mass is 402 g/mol. The van der Waals surface area contributed by atoms with Gasteiger partial charge in [-0.25, -0.2) is 0 Å². The second-order valence-electron chi connectivity index (χ2n) is 8.19. The highest BCUT2D eigenvalue weighted by Gasteiger charge is 2.27. The lowest BCUT2D eigenvalue weighted by Crippen LogP contribution is -2.51. The normalized spacial score (nSPS) is 16.5. The molecule has 3 aromatic rings. The molecule has 0 saturated carbocycles. The minimum atomic E-state index is 0.0519. The number of aromatic amines is 1. The molecular formula is C24H26N4O2. The smallest absolute Gasteiger partial charge is 0.256 e. The van der Waals surface area contributed by atoms with Gasteiger partial charge in [0.1, 0.15) is 0 Å². The van der Waals surface area contributed by atoms with Crippen LogP contribution in [0, 0.1) is 0 Å². The Kier molecular flexibility index (Phi) is 4.99. The van der Waals surface area contributed by atoms with Gasteiger partial charge in [-0.2, -0.15) is 0 Å². The van der Waals surface area contributed by atoms with Gasteiger partial charge in [0.2, 0.25) is 5.91 Å². The number of nitrogens with one attached hydrogen (secondary N) is 1. The maximum absolute atomic E-state index is 13.3. The average Bonchev–Trinajstić information content (AvgIpc) is 3.18. The van der Waals surface area contributed by atoms with Crippen LogP contribution in [-0.4, -0.2) is 57.8 Å². The van der Waals surface area contributed by atoms with Crippen LogP contribution in [0.25, 0.3) is 10.9 Å². The summed E-state index contributed by atoms with van der Waals surface area (Å²) < 4.78 is 0. The fraction of sp³-hybridized carbons (Fsp3) is 0.375. The van der Waals surface area contributed by atoms with Crippen molar-refractivity contribution in [2.45, 2.75) is 32.1 Å². The van der Waals surface area contributed by atoms with E-state index in [-0.39, 0.29) is 11.8 Å². The molecule has 1 aliphatic carbocycles. The van der Waals surface area contributed by atoms with Crippen LogP contribution >= 0.6 is 0 Å². The molecule has 1 saturated heterocycles. The SMILES string of the molecule is O=C(Cc1ccccn1)N1CCN(C(=O)c2cccc3c4c([nH]c23)CCCC4)CC1. The third kappa shape index (κ3) is 3.47. The molecule has 3 heterocycles. The number of aromatic nitrogens is 2. The van der Waals surface area contributed by atoms with Crippen LogP contribution in [0.2, 0.25) is 0 Å². The molecule has 0 atom stereocenters. The Morgan fingerprint density at radius 1 is 0.933 bits per heavy atom. The third-order valence-electron chi connectivity index (χ3n) is 6.34. The Morgan fingerprint density at radius 2 is 1.73 bits per heavy atom. The van der Waals surface area contributed by atoms with E-state index in [1.807, 2.05) is 40.1 Å². The summed E-state index contributed by atoms with van der Waals surface area (Å²) in [6, 6.07) is 11.6. The number of pyridine rings is 1. The summed E-state index contributed by atoms with van der Waals surface area (Å²) in [5, 5.41) is 1.19. The van der Waals surface area contributed by atoms with Crippen molar-refractivity contribution in [3.05, 3.63) is 65.1 Å². The van der Waals surface area contributed by atoms with Gasteiger partial charge in [-0.15, -0.1) is 0 Å². The van der Waals surface area contributed by atoms with E-state index >= 15 is 0 Å². The molecule has 6 nitrogen and oxygen atoms in total. The summed E-state index contributed by atoms with van der Waals surface area (Å²) in [7, 11) is 0. The molecule has 1 N–H and O–H groups in total. The van der Waals surface area contributed by atoms with Crippen molar-refractivity contribution in [1.29, 1.82) is 0 Å².